The van der Waals surface area contributed by atoms with E-state index in [4.69, 9.17) is 5.11 Å². The number of aromatic nitrogens is 4. The zero-order valence-corrected chi connectivity index (χ0v) is 10.6. The Morgan fingerprint density at radius 3 is 3.00 bits per heavy atom. The number of rotatable bonds is 7. The summed E-state index contributed by atoms with van der Waals surface area (Å²) in [6, 6.07) is 0. The summed E-state index contributed by atoms with van der Waals surface area (Å²) in [5.41, 5.74) is 1.50. The Labute approximate surface area is 106 Å². The molecule has 0 aliphatic heterocycles. The molecule has 0 fully saturated rings. The fourth-order valence-corrected chi connectivity index (χ4v) is 2.08. The van der Waals surface area contributed by atoms with Gasteiger partial charge >= 0.3 is 0 Å². The zero-order chi connectivity index (χ0) is 12.8. The Morgan fingerprint density at radius 1 is 1.33 bits per heavy atom. The lowest BCUT2D eigenvalue weighted by molar-refractivity contribution is 0.255. The number of anilines is 1. The quantitative estimate of drug-likeness (QED) is 0.693. The second-order valence-corrected chi connectivity index (χ2v) is 4.37. The Balaban J connectivity index is 2.02. The van der Waals surface area contributed by atoms with E-state index in [9.17, 15) is 0 Å². The smallest absolute Gasteiger partial charge is 0.182 e. The second-order valence-electron chi connectivity index (χ2n) is 4.37. The minimum Gasteiger partial charge on any atom is -0.396 e. The summed E-state index contributed by atoms with van der Waals surface area (Å²) in [5, 5.41) is 12.3. The van der Waals surface area contributed by atoms with Gasteiger partial charge in [-0.25, -0.2) is 15.0 Å². The first-order valence-electron chi connectivity index (χ1n) is 6.34. The molecular formula is C12H19N5O. The van der Waals surface area contributed by atoms with Crippen LogP contribution >= 0.6 is 0 Å². The third-order valence-corrected chi connectivity index (χ3v) is 3.02. The molecule has 0 radical (unpaired) electrons. The van der Waals surface area contributed by atoms with Crippen LogP contribution in [0.5, 0.6) is 0 Å². The SMILES string of the molecule is CCCC(CCO)CNc1ncnc2nc[nH]c12. The maximum Gasteiger partial charge on any atom is 0.182 e. The molecule has 0 spiro atoms. The van der Waals surface area contributed by atoms with Crippen LogP contribution in [0.1, 0.15) is 26.2 Å². The predicted molar refractivity (Wildman–Crippen MR) is 70.3 cm³/mol. The van der Waals surface area contributed by atoms with E-state index in [2.05, 4.69) is 32.2 Å². The van der Waals surface area contributed by atoms with Crippen LogP contribution in [-0.4, -0.2) is 38.2 Å². The maximum atomic E-state index is 9.03. The normalized spacial score (nSPS) is 12.8. The first-order chi connectivity index (χ1) is 8.85. The number of aliphatic hydroxyl groups excluding tert-OH is 1. The highest BCUT2D eigenvalue weighted by molar-refractivity contribution is 5.81. The first kappa shape index (κ1) is 12.8. The predicted octanol–water partition coefficient (Wildman–Crippen LogP) is 1.56. The van der Waals surface area contributed by atoms with Crippen LogP contribution in [-0.2, 0) is 0 Å². The molecule has 6 nitrogen and oxygen atoms in total. The molecule has 98 valence electrons. The van der Waals surface area contributed by atoms with E-state index in [-0.39, 0.29) is 6.61 Å². The number of nitrogens with one attached hydrogen (secondary N) is 2. The molecule has 3 N–H and O–H groups in total. The van der Waals surface area contributed by atoms with Crippen molar-refractivity contribution in [1.82, 2.24) is 19.9 Å². The van der Waals surface area contributed by atoms with Gasteiger partial charge in [0.2, 0.25) is 0 Å². The Kier molecular flexibility index (Phi) is 4.46. The maximum absolute atomic E-state index is 9.03. The number of aromatic amines is 1. The van der Waals surface area contributed by atoms with Crippen molar-refractivity contribution in [3.8, 4) is 0 Å². The van der Waals surface area contributed by atoms with Gasteiger partial charge < -0.3 is 15.4 Å². The van der Waals surface area contributed by atoms with Gasteiger partial charge in [0.15, 0.2) is 11.5 Å². The molecule has 0 aliphatic carbocycles. The molecule has 6 heteroatoms. The first-order valence-corrected chi connectivity index (χ1v) is 6.34. The van der Waals surface area contributed by atoms with E-state index in [1.165, 1.54) is 6.33 Å². The van der Waals surface area contributed by atoms with E-state index < -0.39 is 0 Å². The van der Waals surface area contributed by atoms with Gasteiger partial charge in [-0.3, -0.25) is 0 Å². The van der Waals surface area contributed by atoms with E-state index in [1.807, 2.05) is 0 Å². The number of H-pyrrole nitrogens is 1. The number of hydrogen-bond donors (Lipinski definition) is 3. The van der Waals surface area contributed by atoms with Gasteiger partial charge in [0.1, 0.15) is 11.8 Å². The Bertz CT molecular complexity index is 478. The number of fused-ring (bicyclic) bond motifs is 1. The average molecular weight is 249 g/mol. The van der Waals surface area contributed by atoms with Crippen LogP contribution in [0.15, 0.2) is 12.7 Å². The molecule has 1 atom stereocenters. The minimum atomic E-state index is 0.232. The molecule has 0 saturated carbocycles. The van der Waals surface area contributed by atoms with Crippen molar-refractivity contribution in [1.29, 1.82) is 0 Å². The molecule has 2 rings (SSSR count). The molecule has 2 aromatic heterocycles. The average Bonchev–Trinajstić information content (AvgIpc) is 2.85. The molecule has 2 heterocycles. The molecule has 0 aliphatic rings. The largest absolute Gasteiger partial charge is 0.396 e. The molecule has 0 aromatic carbocycles. The summed E-state index contributed by atoms with van der Waals surface area (Å²) in [6.07, 6.45) is 6.16. The van der Waals surface area contributed by atoms with Crippen molar-refractivity contribution in [2.45, 2.75) is 26.2 Å². The summed E-state index contributed by atoms with van der Waals surface area (Å²) in [6.45, 7) is 3.19. The standard InChI is InChI=1S/C12H19N5O/c1-2-3-9(4-5-18)6-13-11-10-12(15-7-14-10)17-8-16-11/h7-9,18H,2-6H2,1H3,(H2,13,14,15,16,17). The molecule has 2 aromatic rings. The second kappa shape index (κ2) is 6.30. The highest BCUT2D eigenvalue weighted by atomic mass is 16.3. The van der Waals surface area contributed by atoms with Crippen LogP contribution in [0.25, 0.3) is 11.2 Å². The lowest BCUT2D eigenvalue weighted by atomic mass is 10.0. The van der Waals surface area contributed by atoms with Crippen molar-refractivity contribution in [3.05, 3.63) is 12.7 Å². The van der Waals surface area contributed by atoms with Crippen LogP contribution < -0.4 is 5.32 Å². The number of imidazole rings is 1. The summed E-state index contributed by atoms with van der Waals surface area (Å²) < 4.78 is 0. The van der Waals surface area contributed by atoms with Gasteiger partial charge in [-0.15, -0.1) is 0 Å². The number of nitrogens with zero attached hydrogens (tertiary/aromatic N) is 3. The van der Waals surface area contributed by atoms with Crippen molar-refractivity contribution in [2.75, 3.05) is 18.5 Å². The number of hydrogen-bond acceptors (Lipinski definition) is 5. The van der Waals surface area contributed by atoms with Gasteiger partial charge in [0, 0.05) is 13.2 Å². The fourth-order valence-electron chi connectivity index (χ4n) is 2.08. The van der Waals surface area contributed by atoms with Crippen molar-refractivity contribution in [3.63, 3.8) is 0 Å². The summed E-state index contributed by atoms with van der Waals surface area (Å²) in [7, 11) is 0. The van der Waals surface area contributed by atoms with Gasteiger partial charge in [0.05, 0.1) is 6.33 Å². The monoisotopic (exact) mass is 249 g/mol. The zero-order valence-electron chi connectivity index (χ0n) is 10.6. The fraction of sp³-hybridized carbons (Fsp3) is 0.583. The van der Waals surface area contributed by atoms with Gasteiger partial charge in [-0.2, -0.15) is 0 Å². The molecule has 18 heavy (non-hydrogen) atoms. The van der Waals surface area contributed by atoms with E-state index in [1.54, 1.807) is 6.33 Å². The lowest BCUT2D eigenvalue weighted by Gasteiger charge is -2.16. The summed E-state index contributed by atoms with van der Waals surface area (Å²) in [5.74, 6) is 1.24. The molecule has 0 bridgehead atoms. The van der Waals surface area contributed by atoms with E-state index in [0.29, 0.717) is 11.6 Å². The molecule has 0 amide bonds. The van der Waals surface area contributed by atoms with E-state index in [0.717, 1.165) is 37.1 Å². The van der Waals surface area contributed by atoms with Gasteiger partial charge in [-0.05, 0) is 18.8 Å². The third-order valence-electron chi connectivity index (χ3n) is 3.02. The van der Waals surface area contributed by atoms with Crippen LogP contribution in [0.4, 0.5) is 5.82 Å². The van der Waals surface area contributed by atoms with Gasteiger partial charge in [0.25, 0.3) is 0 Å². The summed E-state index contributed by atoms with van der Waals surface area (Å²) in [4.78, 5) is 15.4. The topological polar surface area (TPSA) is 86.7 Å². The van der Waals surface area contributed by atoms with Crippen molar-refractivity contribution in [2.24, 2.45) is 5.92 Å². The third kappa shape index (κ3) is 2.95. The molecule has 1 unspecified atom stereocenters. The van der Waals surface area contributed by atoms with Crippen LogP contribution in [0.2, 0.25) is 0 Å². The van der Waals surface area contributed by atoms with Gasteiger partial charge in [-0.1, -0.05) is 13.3 Å². The molecular weight excluding hydrogens is 230 g/mol. The van der Waals surface area contributed by atoms with Crippen molar-refractivity contribution >= 4 is 17.0 Å². The summed E-state index contributed by atoms with van der Waals surface area (Å²) >= 11 is 0. The highest BCUT2D eigenvalue weighted by Gasteiger charge is 2.10. The molecule has 0 saturated heterocycles. The van der Waals surface area contributed by atoms with Crippen molar-refractivity contribution < 1.29 is 5.11 Å². The Hall–Kier alpha value is -1.69. The lowest BCUT2D eigenvalue weighted by Crippen LogP contribution is -2.16. The van der Waals surface area contributed by atoms with Crippen LogP contribution in [0, 0.1) is 5.92 Å². The van der Waals surface area contributed by atoms with Crippen LogP contribution in [0.3, 0.4) is 0 Å². The highest BCUT2D eigenvalue weighted by Crippen LogP contribution is 2.17. The van der Waals surface area contributed by atoms with E-state index >= 15 is 0 Å². The number of aliphatic hydroxyl groups is 1. The minimum absolute atomic E-state index is 0.232. The Morgan fingerprint density at radius 2 is 2.22 bits per heavy atom.